The van der Waals surface area contributed by atoms with Crippen molar-refractivity contribution >= 4 is 21.6 Å². The molecule has 13 heavy (non-hydrogen) atoms. The highest BCUT2D eigenvalue weighted by Gasteiger charge is 2.16. The number of benzene rings is 1. The lowest BCUT2D eigenvalue weighted by atomic mass is 9.98. The lowest BCUT2D eigenvalue weighted by molar-refractivity contribution is 0.764. The standard InChI is InChI=1S/C10H13BrN2/c11-9-2-1-7(5-10(9)12)8-3-4-13-6-8/h1-2,5,8,13H,3-4,6,12H2. The van der Waals surface area contributed by atoms with Gasteiger partial charge in [-0.1, -0.05) is 6.07 Å². The van der Waals surface area contributed by atoms with Crippen LogP contribution in [0.1, 0.15) is 17.9 Å². The average molecular weight is 241 g/mol. The minimum atomic E-state index is 0.649. The normalized spacial score (nSPS) is 22.1. The van der Waals surface area contributed by atoms with Crippen molar-refractivity contribution in [2.75, 3.05) is 18.8 Å². The van der Waals surface area contributed by atoms with Crippen molar-refractivity contribution in [3.05, 3.63) is 28.2 Å². The molecule has 2 rings (SSSR count). The van der Waals surface area contributed by atoms with Crippen LogP contribution in [0.4, 0.5) is 5.69 Å². The highest BCUT2D eigenvalue weighted by atomic mass is 79.9. The van der Waals surface area contributed by atoms with E-state index in [1.54, 1.807) is 0 Å². The molecule has 1 fully saturated rings. The van der Waals surface area contributed by atoms with Gasteiger partial charge in [-0.05, 0) is 52.5 Å². The zero-order valence-electron chi connectivity index (χ0n) is 7.39. The molecule has 1 atom stereocenters. The van der Waals surface area contributed by atoms with E-state index in [1.165, 1.54) is 12.0 Å². The molecular formula is C10H13BrN2. The zero-order chi connectivity index (χ0) is 9.26. The summed E-state index contributed by atoms with van der Waals surface area (Å²) in [6.45, 7) is 2.21. The molecule has 1 aromatic rings. The largest absolute Gasteiger partial charge is 0.398 e. The van der Waals surface area contributed by atoms with E-state index in [4.69, 9.17) is 5.73 Å². The highest BCUT2D eigenvalue weighted by molar-refractivity contribution is 9.10. The molecule has 1 aliphatic rings. The topological polar surface area (TPSA) is 38.0 Å². The number of hydrogen-bond acceptors (Lipinski definition) is 2. The van der Waals surface area contributed by atoms with Crippen molar-refractivity contribution in [3.63, 3.8) is 0 Å². The van der Waals surface area contributed by atoms with Crippen molar-refractivity contribution in [2.24, 2.45) is 0 Å². The first kappa shape index (κ1) is 9.03. The quantitative estimate of drug-likeness (QED) is 0.739. The molecule has 1 unspecified atom stereocenters. The molecule has 1 saturated heterocycles. The number of rotatable bonds is 1. The molecule has 0 amide bonds. The van der Waals surface area contributed by atoms with Gasteiger partial charge in [-0.25, -0.2) is 0 Å². The molecule has 0 saturated carbocycles. The lowest BCUT2D eigenvalue weighted by Gasteiger charge is -2.09. The van der Waals surface area contributed by atoms with Gasteiger partial charge < -0.3 is 11.1 Å². The predicted molar refractivity (Wildman–Crippen MR) is 58.8 cm³/mol. The monoisotopic (exact) mass is 240 g/mol. The summed E-state index contributed by atoms with van der Waals surface area (Å²) < 4.78 is 0.988. The van der Waals surface area contributed by atoms with Crippen molar-refractivity contribution in [2.45, 2.75) is 12.3 Å². The third-order valence-electron chi connectivity index (χ3n) is 2.55. The first-order valence-electron chi connectivity index (χ1n) is 4.53. The number of anilines is 1. The average Bonchev–Trinajstić information content (AvgIpc) is 2.62. The van der Waals surface area contributed by atoms with E-state index in [9.17, 15) is 0 Å². The van der Waals surface area contributed by atoms with Crippen LogP contribution in [0, 0.1) is 0 Å². The summed E-state index contributed by atoms with van der Waals surface area (Å²) in [5, 5.41) is 3.35. The fourth-order valence-electron chi connectivity index (χ4n) is 1.76. The Morgan fingerprint density at radius 2 is 2.31 bits per heavy atom. The first-order valence-corrected chi connectivity index (χ1v) is 5.32. The Morgan fingerprint density at radius 1 is 1.46 bits per heavy atom. The number of nitrogens with two attached hydrogens (primary N) is 1. The number of nitrogen functional groups attached to an aromatic ring is 1. The van der Waals surface area contributed by atoms with Gasteiger partial charge in [-0.15, -0.1) is 0 Å². The molecular weight excluding hydrogens is 228 g/mol. The van der Waals surface area contributed by atoms with Crippen molar-refractivity contribution in [1.82, 2.24) is 5.32 Å². The van der Waals surface area contributed by atoms with Crippen molar-refractivity contribution in [1.29, 1.82) is 0 Å². The molecule has 0 aliphatic carbocycles. The summed E-state index contributed by atoms with van der Waals surface area (Å²) in [5.41, 5.74) is 8.01. The Balaban J connectivity index is 2.25. The first-order chi connectivity index (χ1) is 6.27. The van der Waals surface area contributed by atoms with Gasteiger partial charge in [0.1, 0.15) is 0 Å². The van der Waals surface area contributed by atoms with E-state index in [0.29, 0.717) is 5.92 Å². The Bertz CT molecular complexity index is 306. The summed E-state index contributed by atoms with van der Waals surface area (Å²) >= 11 is 3.40. The van der Waals surface area contributed by atoms with Gasteiger partial charge in [0.15, 0.2) is 0 Å². The van der Waals surface area contributed by atoms with E-state index in [2.05, 4.69) is 33.4 Å². The van der Waals surface area contributed by atoms with Crippen LogP contribution in [0.5, 0.6) is 0 Å². The number of hydrogen-bond donors (Lipinski definition) is 2. The molecule has 3 N–H and O–H groups in total. The lowest BCUT2D eigenvalue weighted by Crippen LogP contribution is -2.08. The summed E-state index contributed by atoms with van der Waals surface area (Å²) in [7, 11) is 0. The number of halogens is 1. The Morgan fingerprint density at radius 3 is 2.92 bits per heavy atom. The van der Waals surface area contributed by atoms with Crippen molar-refractivity contribution < 1.29 is 0 Å². The van der Waals surface area contributed by atoms with Crippen LogP contribution in [0.3, 0.4) is 0 Å². The molecule has 0 aromatic heterocycles. The van der Waals surface area contributed by atoms with Crippen LogP contribution in [0.15, 0.2) is 22.7 Å². The molecule has 3 heteroatoms. The second-order valence-electron chi connectivity index (χ2n) is 3.47. The third kappa shape index (κ3) is 1.86. The Kier molecular flexibility index (Phi) is 2.56. The van der Waals surface area contributed by atoms with E-state index in [0.717, 1.165) is 23.2 Å². The maximum absolute atomic E-state index is 5.82. The fourth-order valence-corrected chi connectivity index (χ4v) is 2.00. The van der Waals surface area contributed by atoms with Crippen LogP contribution in [-0.4, -0.2) is 13.1 Å². The summed E-state index contributed by atoms with van der Waals surface area (Å²) in [6, 6.07) is 6.25. The zero-order valence-corrected chi connectivity index (χ0v) is 8.97. The van der Waals surface area contributed by atoms with Crippen LogP contribution >= 0.6 is 15.9 Å². The summed E-state index contributed by atoms with van der Waals surface area (Å²) in [6.07, 6.45) is 1.22. The van der Waals surface area contributed by atoms with Gasteiger partial charge in [0.25, 0.3) is 0 Å². The van der Waals surface area contributed by atoms with E-state index in [1.807, 2.05) is 6.07 Å². The molecule has 0 spiro atoms. The SMILES string of the molecule is Nc1cc(C2CCNC2)ccc1Br. The summed E-state index contributed by atoms with van der Waals surface area (Å²) in [4.78, 5) is 0. The Hall–Kier alpha value is -0.540. The number of nitrogens with one attached hydrogen (secondary N) is 1. The van der Waals surface area contributed by atoms with Gasteiger partial charge in [-0.3, -0.25) is 0 Å². The molecule has 70 valence electrons. The van der Waals surface area contributed by atoms with E-state index >= 15 is 0 Å². The maximum atomic E-state index is 5.82. The minimum absolute atomic E-state index is 0.649. The van der Waals surface area contributed by atoms with Crippen LogP contribution < -0.4 is 11.1 Å². The molecule has 0 radical (unpaired) electrons. The van der Waals surface area contributed by atoms with Gasteiger partial charge >= 0.3 is 0 Å². The van der Waals surface area contributed by atoms with Crippen molar-refractivity contribution in [3.8, 4) is 0 Å². The van der Waals surface area contributed by atoms with E-state index in [-0.39, 0.29) is 0 Å². The second-order valence-corrected chi connectivity index (χ2v) is 4.33. The predicted octanol–water partition coefficient (Wildman–Crippen LogP) is 2.11. The van der Waals surface area contributed by atoms with Crippen LogP contribution in [0.2, 0.25) is 0 Å². The highest BCUT2D eigenvalue weighted by Crippen LogP contribution is 2.27. The Labute approximate surface area is 86.6 Å². The fraction of sp³-hybridized carbons (Fsp3) is 0.400. The molecule has 1 heterocycles. The minimum Gasteiger partial charge on any atom is -0.398 e. The van der Waals surface area contributed by atoms with Gasteiger partial charge in [0, 0.05) is 16.7 Å². The molecule has 1 aliphatic heterocycles. The molecule has 2 nitrogen and oxygen atoms in total. The van der Waals surface area contributed by atoms with Gasteiger partial charge in [0.2, 0.25) is 0 Å². The van der Waals surface area contributed by atoms with Crippen LogP contribution in [-0.2, 0) is 0 Å². The van der Waals surface area contributed by atoms with Crippen LogP contribution in [0.25, 0.3) is 0 Å². The van der Waals surface area contributed by atoms with Gasteiger partial charge in [0.05, 0.1) is 0 Å². The van der Waals surface area contributed by atoms with E-state index < -0.39 is 0 Å². The second kappa shape index (κ2) is 3.68. The third-order valence-corrected chi connectivity index (χ3v) is 3.27. The molecule has 0 bridgehead atoms. The smallest absolute Gasteiger partial charge is 0.0461 e. The summed E-state index contributed by atoms with van der Waals surface area (Å²) in [5.74, 6) is 0.649. The maximum Gasteiger partial charge on any atom is 0.0461 e. The van der Waals surface area contributed by atoms with Gasteiger partial charge in [-0.2, -0.15) is 0 Å². The molecule has 1 aromatic carbocycles.